The number of aromatic nitrogens is 2. The highest BCUT2D eigenvalue weighted by Gasteiger charge is 2.44. The van der Waals surface area contributed by atoms with Gasteiger partial charge < -0.3 is 72.1 Å². The zero-order valence-electron chi connectivity index (χ0n) is 69.9. The molecule has 0 unspecified atom stereocenters. The molecular formula is C91H111N13O15S2. The number of hydrogen-bond acceptors (Lipinski definition) is 17. The van der Waals surface area contributed by atoms with E-state index in [1.807, 2.05) is 161 Å². The number of nitrogens with zero attached hydrogens (tertiary/aromatic N) is 3. The number of likely N-dealkylation sites (tertiary alicyclic amines) is 1. The van der Waals surface area contributed by atoms with Gasteiger partial charge in [0.15, 0.2) is 0 Å². The predicted molar refractivity (Wildman–Crippen MR) is 462 cm³/mol. The number of rotatable bonds is 38. The Morgan fingerprint density at radius 1 is 0.645 bits per heavy atom. The lowest BCUT2D eigenvalue weighted by atomic mass is 9.77. The van der Waals surface area contributed by atoms with Crippen LogP contribution in [0.3, 0.4) is 0 Å². The van der Waals surface area contributed by atoms with Gasteiger partial charge in [0.25, 0.3) is 10.0 Å². The molecule has 30 heteroatoms. The van der Waals surface area contributed by atoms with Crippen molar-refractivity contribution in [2.75, 3.05) is 18.8 Å². The minimum atomic E-state index is -4.36. The molecular weight excluding hydrogens is 1580 g/mol. The number of thioether (sulfide) groups is 1. The Kier molecular flexibility index (Phi) is 30.9. The van der Waals surface area contributed by atoms with E-state index in [4.69, 9.17) is 25.6 Å². The van der Waals surface area contributed by atoms with Gasteiger partial charge in [-0.25, -0.2) is 22.9 Å². The SMILES string of the molecule is Cc1c(C)c(S(=O)(=O)NC(=N)NCCC[C@H](NC(=O)[C@@H](N)CC(=O)O)C(=O)N[C@H](C(=O)N[C@@H](Cc2ccc(OC(C)(C)C)cc2)C(=O)N[C@@H](CSCc2ccccc2)C(=O)N[C@@H](Cc2cn(C(c3ccccc3)(c3ccccc3)c3ccccc3)cn2)C(=O)N2CCC[C@H]2C(=O)N[C@@H](Cc2ccccc2)C(=O)O)C(C)C)c(C)c2c1OC(C)(C)CC2. The first-order chi connectivity index (χ1) is 57.5. The summed E-state index contributed by atoms with van der Waals surface area (Å²) in [7, 11) is -4.36. The summed E-state index contributed by atoms with van der Waals surface area (Å²) in [6.07, 6.45) is 3.56. The first-order valence-corrected chi connectivity index (χ1v) is 43.3. The van der Waals surface area contributed by atoms with Crippen molar-refractivity contribution >= 4 is 81.0 Å². The number of guanidine groups is 1. The summed E-state index contributed by atoms with van der Waals surface area (Å²) >= 11 is 1.29. The van der Waals surface area contributed by atoms with E-state index in [-0.39, 0.29) is 62.3 Å². The van der Waals surface area contributed by atoms with E-state index in [0.29, 0.717) is 70.0 Å². The minimum Gasteiger partial charge on any atom is -0.488 e. The molecule has 0 bridgehead atoms. The zero-order chi connectivity index (χ0) is 87.5. The van der Waals surface area contributed by atoms with Gasteiger partial charge in [-0.3, -0.25) is 43.8 Å². The maximum absolute atomic E-state index is 15.9. The standard InChI is InChI=1S/C91H111N13O15S2/c1-56(2)77(101-81(108)70(96-80(107)69(92)51-76(105)106)38-26-46-94-88(93)102-121(116,117)79-58(4)57(3)78-68(59(79)5)44-45-90(9,10)119-78)85(112)97-71(48-61-40-42-67(43-41-61)118-89(6,7)8)82(109)100-74(54-120-53-62-30-18-12-19-31-62)83(110)98-72(86(113)104-47-27-39-75(104)84(111)99-73(87(114)115)49-60-28-16-11-17-29-60)50-66-52-103(55-95-66)91(63-32-20-13-21-33-63,64-34-22-14-23-35-64)65-36-24-15-25-37-65/h11-25,28-37,40-43,52,55-56,69-75,77H,26-27,38-39,44-51,53-54,92H2,1-10H3,(H,96,107)(H,97,112)(H,98,110)(H,99,111)(H,100,109)(H,101,108)(H,105,106)(H,114,115)(H3,93,94,102)/t69-,70-,71-,72-,73-,74-,75-,77-/m0/s1. The summed E-state index contributed by atoms with van der Waals surface area (Å²) in [5.41, 5.74) is 11.2. The third kappa shape index (κ3) is 24.0. The van der Waals surface area contributed by atoms with Gasteiger partial charge in [-0.05, 0) is 168 Å². The summed E-state index contributed by atoms with van der Waals surface area (Å²) in [5, 5.41) is 48.2. The Morgan fingerprint density at radius 3 is 1.74 bits per heavy atom. The number of hydrogen-bond donors (Lipinski definition) is 12. The molecule has 642 valence electrons. The van der Waals surface area contributed by atoms with Crippen molar-refractivity contribution in [3.8, 4) is 11.5 Å². The molecule has 7 aromatic carbocycles. The highest BCUT2D eigenvalue weighted by Crippen LogP contribution is 2.44. The van der Waals surface area contributed by atoms with Crippen molar-refractivity contribution in [1.29, 1.82) is 5.41 Å². The van der Waals surface area contributed by atoms with Crippen LogP contribution in [0.5, 0.6) is 11.5 Å². The zero-order valence-corrected chi connectivity index (χ0v) is 71.6. The maximum atomic E-state index is 15.9. The van der Waals surface area contributed by atoms with Crippen molar-refractivity contribution < 1.29 is 71.3 Å². The largest absolute Gasteiger partial charge is 0.488 e. The van der Waals surface area contributed by atoms with Crippen LogP contribution in [0.25, 0.3) is 0 Å². The van der Waals surface area contributed by atoms with Crippen LogP contribution in [-0.2, 0) is 90.1 Å². The van der Waals surface area contributed by atoms with E-state index in [1.165, 1.54) is 16.7 Å². The third-order valence-corrected chi connectivity index (χ3v) is 24.3. The lowest BCUT2D eigenvalue weighted by molar-refractivity contribution is -0.145. The van der Waals surface area contributed by atoms with E-state index in [9.17, 15) is 42.6 Å². The summed E-state index contributed by atoms with van der Waals surface area (Å²) in [6, 6.07) is 42.7. The highest BCUT2D eigenvalue weighted by atomic mass is 32.2. The number of aliphatic carboxylic acids is 2. The molecule has 10 rings (SSSR count). The first kappa shape index (κ1) is 91.4. The number of carboxylic acids is 2. The van der Waals surface area contributed by atoms with Gasteiger partial charge in [-0.2, -0.15) is 11.8 Å². The molecule has 8 aromatic rings. The monoisotopic (exact) mass is 1690 g/mol. The highest BCUT2D eigenvalue weighted by molar-refractivity contribution is 7.98. The Labute approximate surface area is 711 Å². The summed E-state index contributed by atoms with van der Waals surface area (Å²) < 4.78 is 44.9. The smallest absolute Gasteiger partial charge is 0.326 e. The molecule has 1 aromatic heterocycles. The Hall–Kier alpha value is -11.9. The molecule has 13 N–H and O–H groups in total. The van der Waals surface area contributed by atoms with Crippen LogP contribution in [0.4, 0.5) is 0 Å². The van der Waals surface area contributed by atoms with Gasteiger partial charge in [0, 0.05) is 50.1 Å². The van der Waals surface area contributed by atoms with Crippen LogP contribution in [0.1, 0.15) is 148 Å². The molecule has 8 atom stereocenters. The van der Waals surface area contributed by atoms with Crippen molar-refractivity contribution in [2.45, 2.75) is 209 Å². The van der Waals surface area contributed by atoms with Crippen LogP contribution in [-0.4, -0.2) is 171 Å². The van der Waals surface area contributed by atoms with Gasteiger partial charge in [0.05, 0.1) is 29.4 Å². The second-order valence-corrected chi connectivity index (χ2v) is 35.4. The number of imidazole rings is 1. The van der Waals surface area contributed by atoms with Crippen molar-refractivity contribution in [2.24, 2.45) is 11.7 Å². The van der Waals surface area contributed by atoms with Crippen molar-refractivity contribution in [3.05, 3.63) is 250 Å². The van der Waals surface area contributed by atoms with Crippen LogP contribution in [0.15, 0.2) is 193 Å². The maximum Gasteiger partial charge on any atom is 0.326 e. The number of carboxylic acid groups (broad SMARTS) is 2. The summed E-state index contributed by atoms with van der Waals surface area (Å²) in [5.74, 6) is -8.66. The molecule has 1 saturated heterocycles. The van der Waals surface area contributed by atoms with Crippen molar-refractivity contribution in [1.82, 2.24) is 56.4 Å². The summed E-state index contributed by atoms with van der Waals surface area (Å²) in [6.45, 7) is 17.9. The number of nitrogens with one attached hydrogen (secondary N) is 9. The average molecular weight is 1690 g/mol. The Balaban J connectivity index is 0.950. The third-order valence-electron chi connectivity index (χ3n) is 21.6. The van der Waals surface area contributed by atoms with Crippen LogP contribution < -0.4 is 57.1 Å². The van der Waals surface area contributed by atoms with Crippen LogP contribution in [0.2, 0.25) is 0 Å². The molecule has 0 radical (unpaired) electrons. The van der Waals surface area contributed by atoms with E-state index >= 15 is 19.2 Å². The molecule has 0 aliphatic carbocycles. The van der Waals surface area contributed by atoms with Crippen molar-refractivity contribution in [3.63, 3.8) is 0 Å². The number of sulfonamides is 1. The molecule has 1 fully saturated rings. The second kappa shape index (κ2) is 40.9. The Bertz CT molecular complexity index is 5000. The fourth-order valence-corrected chi connectivity index (χ4v) is 17.9. The molecule has 0 spiro atoms. The van der Waals surface area contributed by atoms with Gasteiger partial charge in [0.1, 0.15) is 70.5 Å². The number of carbonyl (C=O) groups is 9. The topological polar surface area (TPSA) is 414 Å². The fraction of sp³-hybridized carbons (Fsp3) is 0.396. The normalized spacial score (nSPS) is 15.6. The molecule has 7 amide bonds. The fourth-order valence-electron chi connectivity index (χ4n) is 15.3. The molecule has 2 aliphatic heterocycles. The van der Waals surface area contributed by atoms with Gasteiger partial charge in [0.2, 0.25) is 47.3 Å². The van der Waals surface area contributed by atoms with Crippen LogP contribution in [0, 0.1) is 32.1 Å². The minimum absolute atomic E-state index is 0.00639. The first-order valence-electron chi connectivity index (χ1n) is 40.7. The number of nitrogens with two attached hydrogens (primary N) is 1. The number of benzene rings is 7. The number of fused-ring (bicyclic) bond motifs is 1. The molecule has 28 nitrogen and oxygen atoms in total. The van der Waals surface area contributed by atoms with Gasteiger partial charge >= 0.3 is 11.9 Å². The number of ether oxygens (including phenoxy) is 2. The van der Waals surface area contributed by atoms with E-state index < -0.39 is 147 Å². The van der Waals surface area contributed by atoms with Gasteiger partial charge in [-0.1, -0.05) is 178 Å². The molecule has 3 heterocycles. The Morgan fingerprint density at radius 2 is 1.17 bits per heavy atom. The number of amides is 7. The van der Waals surface area contributed by atoms with E-state index in [2.05, 4.69) is 41.9 Å². The van der Waals surface area contributed by atoms with Crippen LogP contribution >= 0.6 is 11.8 Å². The average Bonchev–Trinajstić information content (AvgIpc) is 1.60. The van der Waals surface area contributed by atoms with E-state index in [0.717, 1.165) is 27.8 Å². The van der Waals surface area contributed by atoms with Gasteiger partial charge in [-0.15, -0.1) is 0 Å². The molecule has 0 saturated carbocycles. The predicted octanol–water partition coefficient (Wildman–Crippen LogP) is 8.62. The van der Waals surface area contributed by atoms with E-state index in [1.54, 1.807) is 102 Å². The number of carbonyl (C=O) groups excluding carboxylic acids is 7. The summed E-state index contributed by atoms with van der Waals surface area (Å²) in [4.78, 5) is 137. The quantitative estimate of drug-likeness (QED) is 0.00745. The lowest BCUT2D eigenvalue weighted by Gasteiger charge is -2.37. The second-order valence-electron chi connectivity index (χ2n) is 32.7. The molecule has 2 aliphatic rings. The molecule has 121 heavy (non-hydrogen) atoms. The lowest BCUT2D eigenvalue weighted by Crippen LogP contribution is -2.61.